The molecule has 5 fully saturated rings. The molecule has 7 rings (SSSR count). The summed E-state index contributed by atoms with van der Waals surface area (Å²) in [6, 6.07) is 8.95. The molecule has 4 saturated carbocycles. The van der Waals surface area contributed by atoms with E-state index in [0.29, 0.717) is 17.8 Å². The van der Waals surface area contributed by atoms with Crippen LogP contribution in [0.3, 0.4) is 0 Å². The number of primary amides is 1. The summed E-state index contributed by atoms with van der Waals surface area (Å²) in [6.07, 6.45) is 11.6. The Labute approximate surface area is 178 Å². The molecule has 3 amide bonds. The first-order valence-corrected chi connectivity index (χ1v) is 11.6. The number of amides is 3. The molecular formula is C25H31N3O2. The summed E-state index contributed by atoms with van der Waals surface area (Å²) < 4.78 is 0. The Balaban J connectivity index is 1.12. The highest BCUT2D eigenvalue weighted by Gasteiger charge is 2.58. The second kappa shape index (κ2) is 6.35. The Bertz CT molecular complexity index is 914. The van der Waals surface area contributed by atoms with Gasteiger partial charge in [-0.05, 0) is 73.8 Å². The lowest BCUT2D eigenvalue weighted by molar-refractivity contribution is -0.145. The van der Waals surface area contributed by atoms with Gasteiger partial charge in [-0.1, -0.05) is 36.4 Å². The number of piperidine rings is 1. The number of urea groups is 1. The fourth-order valence-corrected chi connectivity index (χ4v) is 7.78. The van der Waals surface area contributed by atoms with Crippen LogP contribution < -0.4 is 11.1 Å². The molecule has 158 valence electrons. The van der Waals surface area contributed by atoms with Gasteiger partial charge in [0.15, 0.2) is 0 Å². The van der Waals surface area contributed by atoms with E-state index in [4.69, 9.17) is 5.73 Å². The highest BCUT2D eigenvalue weighted by Crippen LogP contribution is 2.60. The largest absolute Gasteiger partial charge is 0.369 e. The number of carbonyl (C=O) groups is 2. The Kier molecular flexibility index (Phi) is 3.91. The molecule has 2 atom stereocenters. The predicted molar refractivity (Wildman–Crippen MR) is 115 cm³/mol. The number of rotatable bonds is 2. The number of carbonyl (C=O) groups excluding carboxylic acids is 2. The van der Waals surface area contributed by atoms with Gasteiger partial charge in [0.1, 0.15) is 0 Å². The number of likely N-dealkylation sites (tertiary alicyclic amines) is 1. The minimum atomic E-state index is -0.294. The van der Waals surface area contributed by atoms with Gasteiger partial charge in [0.2, 0.25) is 5.91 Å². The fourth-order valence-electron chi connectivity index (χ4n) is 7.78. The van der Waals surface area contributed by atoms with Gasteiger partial charge in [0.05, 0.1) is 0 Å². The van der Waals surface area contributed by atoms with Gasteiger partial charge >= 0.3 is 6.03 Å². The number of benzene rings is 1. The Hall–Kier alpha value is -2.30. The molecule has 1 spiro atoms. The minimum Gasteiger partial charge on any atom is -0.369 e. The summed E-state index contributed by atoms with van der Waals surface area (Å²) >= 11 is 0. The summed E-state index contributed by atoms with van der Waals surface area (Å²) in [7, 11) is 0. The van der Waals surface area contributed by atoms with Crippen LogP contribution in [0.25, 0.3) is 6.08 Å². The van der Waals surface area contributed by atoms with Crippen molar-refractivity contribution in [2.45, 2.75) is 56.4 Å². The number of fused-ring (bicyclic) bond motifs is 2. The van der Waals surface area contributed by atoms with Gasteiger partial charge in [-0.3, -0.25) is 4.79 Å². The average Bonchev–Trinajstić information content (AvgIpc) is 3.09. The SMILES string of the molecule is NC(=O)C12CC3CC(C1)C(NC(=O)N1CCC4(C=Cc5ccccc54)CC1)C(C3)C2. The smallest absolute Gasteiger partial charge is 0.317 e. The van der Waals surface area contributed by atoms with Crippen molar-refractivity contribution in [2.24, 2.45) is 28.9 Å². The molecule has 1 heterocycles. The molecule has 6 aliphatic rings. The van der Waals surface area contributed by atoms with Crippen LogP contribution in [0.5, 0.6) is 0 Å². The van der Waals surface area contributed by atoms with Gasteiger partial charge in [-0.25, -0.2) is 4.79 Å². The molecule has 4 bridgehead atoms. The van der Waals surface area contributed by atoms with Crippen LogP contribution in [-0.2, 0) is 10.2 Å². The molecule has 2 unspecified atom stereocenters. The Morgan fingerprint density at radius 2 is 1.73 bits per heavy atom. The minimum absolute atomic E-state index is 0.0886. The third-order valence-electron chi connectivity index (χ3n) is 9.11. The van der Waals surface area contributed by atoms with Crippen LogP contribution in [-0.4, -0.2) is 36.0 Å². The maximum absolute atomic E-state index is 13.2. The second-order valence-corrected chi connectivity index (χ2v) is 10.7. The number of allylic oxidation sites excluding steroid dienone is 1. The molecule has 5 nitrogen and oxygen atoms in total. The monoisotopic (exact) mass is 405 g/mol. The number of nitrogens with zero attached hydrogens (tertiary/aromatic N) is 1. The third kappa shape index (κ3) is 2.60. The van der Waals surface area contributed by atoms with E-state index in [0.717, 1.165) is 58.0 Å². The Morgan fingerprint density at radius 1 is 1.03 bits per heavy atom. The van der Waals surface area contributed by atoms with Crippen molar-refractivity contribution in [1.82, 2.24) is 10.2 Å². The van der Waals surface area contributed by atoms with Gasteiger partial charge in [-0.2, -0.15) is 0 Å². The van der Waals surface area contributed by atoms with Crippen molar-refractivity contribution in [3.8, 4) is 0 Å². The molecule has 1 aromatic rings. The van der Waals surface area contributed by atoms with E-state index >= 15 is 0 Å². The average molecular weight is 406 g/mol. The zero-order valence-electron chi connectivity index (χ0n) is 17.5. The summed E-state index contributed by atoms with van der Waals surface area (Å²) in [6.45, 7) is 1.58. The summed E-state index contributed by atoms with van der Waals surface area (Å²) in [5.41, 5.74) is 8.36. The van der Waals surface area contributed by atoms with Crippen LogP contribution in [0.15, 0.2) is 30.3 Å². The van der Waals surface area contributed by atoms with Crippen molar-refractivity contribution in [3.63, 3.8) is 0 Å². The van der Waals surface area contributed by atoms with Gasteiger partial charge in [-0.15, -0.1) is 0 Å². The highest BCUT2D eigenvalue weighted by molar-refractivity contribution is 5.81. The van der Waals surface area contributed by atoms with E-state index in [-0.39, 0.29) is 28.8 Å². The molecule has 5 aliphatic carbocycles. The molecule has 3 N–H and O–H groups in total. The van der Waals surface area contributed by atoms with Gasteiger partial charge < -0.3 is 16.0 Å². The highest BCUT2D eigenvalue weighted by atomic mass is 16.2. The molecular weight excluding hydrogens is 374 g/mol. The zero-order valence-corrected chi connectivity index (χ0v) is 17.5. The number of hydrogen-bond donors (Lipinski definition) is 2. The van der Waals surface area contributed by atoms with Crippen molar-refractivity contribution >= 4 is 18.0 Å². The second-order valence-electron chi connectivity index (χ2n) is 10.7. The summed E-state index contributed by atoms with van der Waals surface area (Å²) in [5.74, 6) is 1.33. The van der Waals surface area contributed by atoms with Crippen LogP contribution >= 0.6 is 0 Å². The predicted octanol–water partition coefficient (Wildman–Crippen LogP) is 3.44. The van der Waals surface area contributed by atoms with E-state index in [1.165, 1.54) is 11.1 Å². The molecule has 5 heteroatoms. The van der Waals surface area contributed by atoms with Crippen molar-refractivity contribution in [3.05, 3.63) is 41.5 Å². The number of nitrogens with one attached hydrogen (secondary N) is 1. The third-order valence-corrected chi connectivity index (χ3v) is 9.11. The molecule has 1 aromatic carbocycles. The lowest BCUT2D eigenvalue weighted by Crippen LogP contribution is -2.63. The Morgan fingerprint density at radius 3 is 2.43 bits per heavy atom. The maximum atomic E-state index is 13.2. The van der Waals surface area contributed by atoms with Crippen molar-refractivity contribution in [2.75, 3.05) is 13.1 Å². The lowest BCUT2D eigenvalue weighted by Gasteiger charge is -2.59. The molecule has 0 radical (unpaired) electrons. The van der Waals surface area contributed by atoms with Gasteiger partial charge in [0, 0.05) is 30.0 Å². The summed E-state index contributed by atoms with van der Waals surface area (Å²) in [5, 5.41) is 3.40. The van der Waals surface area contributed by atoms with E-state index in [2.05, 4.69) is 41.7 Å². The maximum Gasteiger partial charge on any atom is 0.317 e. The zero-order chi connectivity index (χ0) is 20.5. The van der Waals surface area contributed by atoms with Crippen LogP contribution in [0, 0.1) is 23.2 Å². The van der Waals surface area contributed by atoms with Crippen LogP contribution in [0.1, 0.15) is 56.1 Å². The van der Waals surface area contributed by atoms with E-state index in [1.54, 1.807) is 0 Å². The molecule has 30 heavy (non-hydrogen) atoms. The quantitative estimate of drug-likeness (QED) is 0.791. The fraction of sp³-hybridized carbons (Fsp3) is 0.600. The molecule has 1 saturated heterocycles. The van der Waals surface area contributed by atoms with E-state index in [9.17, 15) is 9.59 Å². The standard InChI is InChI=1S/C25H31N3O2/c26-22(29)25-13-16-11-18(14-25)21(19(12-16)15-25)27-23(30)28-9-7-24(8-10-28)6-5-17-3-1-2-4-20(17)24/h1-6,16,18-19,21H,7-15H2,(H2,26,29)(H,27,30). The van der Waals surface area contributed by atoms with Crippen LogP contribution in [0.2, 0.25) is 0 Å². The molecule has 0 aromatic heterocycles. The van der Waals surface area contributed by atoms with E-state index < -0.39 is 0 Å². The molecule has 1 aliphatic heterocycles. The van der Waals surface area contributed by atoms with Gasteiger partial charge in [0.25, 0.3) is 0 Å². The van der Waals surface area contributed by atoms with E-state index in [1.807, 2.05) is 4.90 Å². The normalized spacial score (nSPS) is 37.4. The van der Waals surface area contributed by atoms with Crippen molar-refractivity contribution in [1.29, 1.82) is 0 Å². The first kappa shape index (κ1) is 18.5. The number of nitrogens with two attached hydrogens (primary N) is 1. The first-order chi connectivity index (χ1) is 14.5. The van der Waals surface area contributed by atoms with Crippen LogP contribution in [0.4, 0.5) is 4.79 Å². The number of hydrogen-bond acceptors (Lipinski definition) is 2. The lowest BCUT2D eigenvalue weighted by atomic mass is 9.47. The van der Waals surface area contributed by atoms with Crippen molar-refractivity contribution < 1.29 is 9.59 Å². The first-order valence-electron chi connectivity index (χ1n) is 11.6. The topological polar surface area (TPSA) is 75.4 Å². The summed E-state index contributed by atoms with van der Waals surface area (Å²) in [4.78, 5) is 27.3.